The fraction of sp³-hybridized carbons (Fsp3) is 1.00. The molecule has 0 fully saturated rings. The van der Waals surface area contributed by atoms with E-state index in [4.69, 9.17) is 9.05 Å². The van der Waals surface area contributed by atoms with E-state index in [9.17, 15) is 4.57 Å². The molecule has 0 heterocycles. The summed E-state index contributed by atoms with van der Waals surface area (Å²) in [7, 11) is -2.92. The summed E-state index contributed by atoms with van der Waals surface area (Å²) < 4.78 is 24.0. The van der Waals surface area contributed by atoms with Gasteiger partial charge in [-0.05, 0) is 25.7 Å². The van der Waals surface area contributed by atoms with Crippen molar-refractivity contribution in [2.24, 2.45) is 0 Å². The first-order valence-corrected chi connectivity index (χ1v) is 9.92. The van der Waals surface area contributed by atoms with E-state index in [-0.39, 0.29) is 12.2 Å². The average molecular weight is 292 g/mol. The van der Waals surface area contributed by atoms with Crippen molar-refractivity contribution in [2.75, 3.05) is 6.66 Å². The van der Waals surface area contributed by atoms with Gasteiger partial charge in [0.05, 0.1) is 12.2 Å². The van der Waals surface area contributed by atoms with Crippen molar-refractivity contribution in [2.45, 2.75) is 91.3 Å². The Morgan fingerprint density at radius 2 is 1.00 bits per heavy atom. The summed E-state index contributed by atoms with van der Waals surface area (Å²) in [5.74, 6) is 0. The molecule has 0 saturated heterocycles. The molecule has 0 aromatic heterocycles. The lowest BCUT2D eigenvalue weighted by Gasteiger charge is -2.25. The Hall–Kier alpha value is 0.150. The van der Waals surface area contributed by atoms with Crippen LogP contribution in [0, 0.1) is 0 Å². The summed E-state index contributed by atoms with van der Waals surface area (Å²) in [6, 6.07) is 0. The van der Waals surface area contributed by atoms with Gasteiger partial charge in [0.15, 0.2) is 0 Å². The Morgan fingerprint density at radius 1 is 0.737 bits per heavy atom. The van der Waals surface area contributed by atoms with Gasteiger partial charge in [-0.25, -0.2) is 0 Å². The van der Waals surface area contributed by atoms with Crippen LogP contribution < -0.4 is 0 Å². The molecule has 0 bridgehead atoms. The van der Waals surface area contributed by atoms with Crippen molar-refractivity contribution in [3.8, 4) is 0 Å². The largest absolute Gasteiger partial charge is 0.328 e. The zero-order valence-electron chi connectivity index (χ0n) is 13.5. The van der Waals surface area contributed by atoms with Gasteiger partial charge in [0.2, 0.25) is 0 Å². The monoisotopic (exact) mass is 292 g/mol. The van der Waals surface area contributed by atoms with Crippen LogP contribution in [-0.4, -0.2) is 18.9 Å². The zero-order chi connectivity index (χ0) is 14.7. The molecule has 0 spiro atoms. The quantitative estimate of drug-likeness (QED) is 0.428. The molecule has 0 aliphatic carbocycles. The summed E-state index contributed by atoms with van der Waals surface area (Å²) >= 11 is 0. The molecule has 0 aliphatic heterocycles. The Labute approximate surface area is 120 Å². The van der Waals surface area contributed by atoms with Crippen molar-refractivity contribution < 1.29 is 13.6 Å². The maximum absolute atomic E-state index is 12.5. The summed E-state index contributed by atoms with van der Waals surface area (Å²) in [5, 5.41) is 0. The van der Waals surface area contributed by atoms with Crippen LogP contribution in [0.25, 0.3) is 0 Å². The molecule has 0 saturated carbocycles. The minimum atomic E-state index is -2.92. The van der Waals surface area contributed by atoms with Crippen molar-refractivity contribution in [3.05, 3.63) is 0 Å². The second kappa shape index (κ2) is 10.9. The number of hydrogen-bond acceptors (Lipinski definition) is 3. The maximum Gasteiger partial charge on any atom is 0.328 e. The first-order chi connectivity index (χ1) is 8.99. The molecule has 4 heteroatoms. The van der Waals surface area contributed by atoms with Crippen LogP contribution in [-0.2, 0) is 13.6 Å². The van der Waals surface area contributed by atoms with Crippen molar-refractivity contribution >= 4 is 7.60 Å². The van der Waals surface area contributed by atoms with E-state index in [0.29, 0.717) is 0 Å². The van der Waals surface area contributed by atoms with Crippen LogP contribution in [0.2, 0.25) is 0 Å². The molecule has 0 amide bonds. The molecule has 0 aromatic carbocycles. The average Bonchev–Trinajstić information content (AvgIpc) is 2.29. The van der Waals surface area contributed by atoms with Gasteiger partial charge in [0, 0.05) is 6.66 Å². The summed E-state index contributed by atoms with van der Waals surface area (Å²) in [5.41, 5.74) is 0. The second-order valence-corrected chi connectivity index (χ2v) is 7.35. The molecule has 19 heavy (non-hydrogen) atoms. The van der Waals surface area contributed by atoms with Crippen molar-refractivity contribution in [3.63, 3.8) is 0 Å². The third-order valence-electron chi connectivity index (χ3n) is 3.12. The summed E-state index contributed by atoms with van der Waals surface area (Å²) in [4.78, 5) is 0. The maximum atomic E-state index is 12.5. The van der Waals surface area contributed by atoms with Gasteiger partial charge in [0.25, 0.3) is 0 Å². The Morgan fingerprint density at radius 3 is 1.21 bits per heavy atom. The normalized spacial score (nSPS) is 12.6. The molecule has 0 aliphatic rings. The van der Waals surface area contributed by atoms with Gasteiger partial charge < -0.3 is 9.05 Å². The highest BCUT2D eigenvalue weighted by atomic mass is 31.2. The molecule has 116 valence electrons. The molecular weight excluding hydrogens is 259 g/mol. The number of rotatable bonds is 12. The van der Waals surface area contributed by atoms with E-state index in [0.717, 1.165) is 51.4 Å². The minimum Gasteiger partial charge on any atom is -0.305 e. The predicted octanol–water partition coefficient (Wildman–Crippen LogP) is 5.78. The first-order valence-electron chi connectivity index (χ1n) is 7.93. The molecule has 0 aromatic rings. The standard InChI is InChI=1S/C15H33O3P/c1-6-10-14(11-7-2)17-19(5,16)18-15(12-8-3)13-9-4/h14-15H,6-13H2,1-5H3. The van der Waals surface area contributed by atoms with Crippen LogP contribution in [0.3, 0.4) is 0 Å². The lowest BCUT2D eigenvalue weighted by Crippen LogP contribution is -2.16. The van der Waals surface area contributed by atoms with Crippen LogP contribution in [0.4, 0.5) is 0 Å². The zero-order valence-corrected chi connectivity index (χ0v) is 14.4. The van der Waals surface area contributed by atoms with Crippen LogP contribution in [0.5, 0.6) is 0 Å². The van der Waals surface area contributed by atoms with Crippen LogP contribution in [0.15, 0.2) is 0 Å². The summed E-state index contributed by atoms with van der Waals surface area (Å²) in [6.07, 6.45) is 8.21. The van der Waals surface area contributed by atoms with Gasteiger partial charge in [-0.1, -0.05) is 53.4 Å². The SMILES string of the molecule is CCCC(CCC)OP(C)(=O)OC(CCC)CCC. The van der Waals surface area contributed by atoms with Gasteiger partial charge in [-0.2, -0.15) is 0 Å². The molecule has 0 unspecified atom stereocenters. The summed E-state index contributed by atoms with van der Waals surface area (Å²) in [6.45, 7) is 10.1. The Bertz CT molecular complexity index is 222. The van der Waals surface area contributed by atoms with Gasteiger partial charge in [-0.3, -0.25) is 4.57 Å². The minimum absolute atomic E-state index is 0.0785. The fourth-order valence-electron chi connectivity index (χ4n) is 2.35. The van der Waals surface area contributed by atoms with Crippen molar-refractivity contribution in [1.29, 1.82) is 0 Å². The highest BCUT2D eigenvalue weighted by molar-refractivity contribution is 7.53. The van der Waals surface area contributed by atoms with E-state index in [1.807, 2.05) is 0 Å². The highest BCUT2D eigenvalue weighted by Gasteiger charge is 2.26. The molecular formula is C15H33O3P. The Balaban J connectivity index is 4.42. The molecule has 3 nitrogen and oxygen atoms in total. The van der Waals surface area contributed by atoms with E-state index in [1.165, 1.54) is 0 Å². The molecule has 0 atom stereocenters. The molecule has 0 rings (SSSR count). The highest BCUT2D eigenvalue weighted by Crippen LogP contribution is 2.48. The van der Waals surface area contributed by atoms with E-state index < -0.39 is 7.60 Å². The fourth-order valence-corrected chi connectivity index (χ4v) is 3.91. The predicted molar refractivity (Wildman–Crippen MR) is 82.9 cm³/mol. The lowest BCUT2D eigenvalue weighted by molar-refractivity contribution is 0.0983. The van der Waals surface area contributed by atoms with E-state index in [2.05, 4.69) is 27.7 Å². The smallest absolute Gasteiger partial charge is 0.305 e. The van der Waals surface area contributed by atoms with Gasteiger partial charge in [0.1, 0.15) is 0 Å². The lowest BCUT2D eigenvalue weighted by atomic mass is 10.1. The van der Waals surface area contributed by atoms with Gasteiger partial charge >= 0.3 is 7.60 Å². The first kappa shape index (κ1) is 19.1. The third kappa shape index (κ3) is 9.65. The van der Waals surface area contributed by atoms with E-state index in [1.54, 1.807) is 6.66 Å². The van der Waals surface area contributed by atoms with Crippen LogP contribution in [0.1, 0.15) is 79.1 Å². The molecule has 0 N–H and O–H groups in total. The van der Waals surface area contributed by atoms with Crippen LogP contribution >= 0.6 is 7.60 Å². The number of hydrogen-bond donors (Lipinski definition) is 0. The molecule has 0 radical (unpaired) electrons. The van der Waals surface area contributed by atoms with Crippen molar-refractivity contribution in [1.82, 2.24) is 0 Å². The second-order valence-electron chi connectivity index (χ2n) is 5.38. The third-order valence-corrected chi connectivity index (χ3v) is 4.49. The Kier molecular flexibility index (Phi) is 11.0. The van der Waals surface area contributed by atoms with Gasteiger partial charge in [-0.15, -0.1) is 0 Å². The van der Waals surface area contributed by atoms with E-state index >= 15 is 0 Å². The topological polar surface area (TPSA) is 35.5 Å².